The number of aromatic hydroxyl groups is 1. The first kappa shape index (κ1) is 10.2. The van der Waals surface area contributed by atoms with Crippen molar-refractivity contribution in [3.8, 4) is 5.75 Å². The Morgan fingerprint density at radius 2 is 2.23 bits per heavy atom. The van der Waals surface area contributed by atoms with Crippen molar-refractivity contribution in [3.63, 3.8) is 0 Å². The third kappa shape index (κ3) is 1.88. The summed E-state index contributed by atoms with van der Waals surface area (Å²) in [6.07, 6.45) is 0. The summed E-state index contributed by atoms with van der Waals surface area (Å²) in [6, 6.07) is 2.74. The molecule has 4 heteroatoms. The molecular weight excluding hydrogens is 239 g/mol. The fourth-order valence-electron chi connectivity index (χ4n) is 1.00. The molecule has 0 atom stereocenters. The number of ketones is 1. The van der Waals surface area contributed by atoms with E-state index in [4.69, 9.17) is 0 Å². The molecule has 1 rings (SSSR count). The highest BCUT2D eigenvalue weighted by molar-refractivity contribution is 9.09. The van der Waals surface area contributed by atoms with Crippen LogP contribution in [0.4, 0.5) is 4.39 Å². The van der Waals surface area contributed by atoms with Gasteiger partial charge in [-0.05, 0) is 18.6 Å². The molecule has 0 heterocycles. The first-order valence-electron chi connectivity index (χ1n) is 3.65. The number of benzene rings is 1. The second kappa shape index (κ2) is 3.87. The van der Waals surface area contributed by atoms with Crippen molar-refractivity contribution in [2.75, 3.05) is 5.33 Å². The molecule has 0 spiro atoms. The number of alkyl halides is 1. The van der Waals surface area contributed by atoms with E-state index in [9.17, 15) is 14.3 Å². The van der Waals surface area contributed by atoms with E-state index >= 15 is 0 Å². The summed E-state index contributed by atoms with van der Waals surface area (Å²) in [4.78, 5) is 11.2. The van der Waals surface area contributed by atoms with Crippen molar-refractivity contribution in [3.05, 3.63) is 29.1 Å². The van der Waals surface area contributed by atoms with Crippen molar-refractivity contribution in [1.29, 1.82) is 0 Å². The normalized spacial score (nSPS) is 10.1. The molecule has 0 bridgehead atoms. The first-order chi connectivity index (χ1) is 6.07. The van der Waals surface area contributed by atoms with Crippen LogP contribution in [-0.2, 0) is 0 Å². The predicted molar refractivity (Wildman–Crippen MR) is 50.9 cm³/mol. The van der Waals surface area contributed by atoms with Gasteiger partial charge in [0.1, 0.15) is 11.6 Å². The topological polar surface area (TPSA) is 37.3 Å². The van der Waals surface area contributed by atoms with Crippen LogP contribution >= 0.6 is 15.9 Å². The maximum atomic E-state index is 13.3. The fraction of sp³-hybridized carbons (Fsp3) is 0.222. The molecule has 0 saturated heterocycles. The molecule has 1 N–H and O–H groups in total. The molecule has 0 aliphatic carbocycles. The molecular formula is C9H8BrFO2. The van der Waals surface area contributed by atoms with Crippen molar-refractivity contribution in [2.24, 2.45) is 0 Å². The van der Waals surface area contributed by atoms with Crippen LogP contribution in [0.1, 0.15) is 15.9 Å². The van der Waals surface area contributed by atoms with Gasteiger partial charge >= 0.3 is 0 Å². The van der Waals surface area contributed by atoms with Crippen LogP contribution < -0.4 is 0 Å². The van der Waals surface area contributed by atoms with Gasteiger partial charge in [0, 0.05) is 0 Å². The van der Waals surface area contributed by atoms with E-state index in [1.165, 1.54) is 12.1 Å². The van der Waals surface area contributed by atoms with Gasteiger partial charge in [0.15, 0.2) is 5.78 Å². The average molecular weight is 247 g/mol. The third-order valence-corrected chi connectivity index (χ3v) is 2.22. The molecule has 0 radical (unpaired) electrons. The van der Waals surface area contributed by atoms with E-state index in [1.807, 2.05) is 0 Å². The highest BCUT2D eigenvalue weighted by atomic mass is 79.9. The van der Waals surface area contributed by atoms with Gasteiger partial charge in [0.05, 0.1) is 10.9 Å². The van der Waals surface area contributed by atoms with Gasteiger partial charge in [-0.15, -0.1) is 0 Å². The predicted octanol–water partition coefficient (Wildman–Crippen LogP) is 2.42. The number of aryl methyl sites for hydroxylation is 1. The van der Waals surface area contributed by atoms with Gasteiger partial charge in [-0.3, -0.25) is 4.79 Å². The van der Waals surface area contributed by atoms with Crippen LogP contribution in [0.25, 0.3) is 0 Å². The van der Waals surface area contributed by atoms with Crippen LogP contribution in [0.5, 0.6) is 5.75 Å². The SMILES string of the molecule is Cc1ccc(O)c(C(=O)CBr)c1F. The van der Waals surface area contributed by atoms with Gasteiger partial charge in [0.2, 0.25) is 0 Å². The maximum absolute atomic E-state index is 13.3. The average Bonchev–Trinajstić information content (AvgIpc) is 2.12. The minimum Gasteiger partial charge on any atom is -0.507 e. The summed E-state index contributed by atoms with van der Waals surface area (Å²) in [5, 5.41) is 9.24. The first-order valence-corrected chi connectivity index (χ1v) is 4.77. The number of phenols is 1. The van der Waals surface area contributed by atoms with E-state index < -0.39 is 11.6 Å². The smallest absolute Gasteiger partial charge is 0.180 e. The molecule has 0 amide bonds. The quantitative estimate of drug-likeness (QED) is 0.643. The van der Waals surface area contributed by atoms with E-state index in [0.29, 0.717) is 5.56 Å². The Labute approximate surface area is 83.5 Å². The number of carbonyl (C=O) groups is 1. The summed E-state index contributed by atoms with van der Waals surface area (Å²) in [5.74, 6) is -1.42. The van der Waals surface area contributed by atoms with Crippen molar-refractivity contribution in [2.45, 2.75) is 6.92 Å². The largest absolute Gasteiger partial charge is 0.507 e. The number of Topliss-reactive ketones (excluding diaryl/α,β-unsaturated/α-hetero) is 1. The monoisotopic (exact) mass is 246 g/mol. The van der Waals surface area contributed by atoms with Gasteiger partial charge < -0.3 is 5.11 Å². The zero-order chi connectivity index (χ0) is 10.0. The van der Waals surface area contributed by atoms with Crippen LogP contribution in [0.2, 0.25) is 0 Å². The Balaban J connectivity index is 3.33. The Morgan fingerprint density at radius 3 is 2.77 bits per heavy atom. The standard InChI is InChI=1S/C9H8BrFO2/c1-5-2-3-6(12)8(9(5)11)7(13)4-10/h2-3,12H,4H2,1H3. The number of halogens is 2. The zero-order valence-electron chi connectivity index (χ0n) is 6.97. The van der Waals surface area contributed by atoms with Crippen molar-refractivity contribution < 1.29 is 14.3 Å². The molecule has 0 aliphatic heterocycles. The summed E-state index contributed by atoms with van der Waals surface area (Å²) >= 11 is 2.92. The number of hydrogen-bond donors (Lipinski definition) is 1. The van der Waals surface area contributed by atoms with Gasteiger partial charge in [-0.2, -0.15) is 0 Å². The maximum Gasteiger partial charge on any atom is 0.180 e. The van der Waals surface area contributed by atoms with Gasteiger partial charge in [0.25, 0.3) is 0 Å². The molecule has 0 fully saturated rings. The molecule has 0 unspecified atom stereocenters. The summed E-state index contributed by atoms with van der Waals surface area (Å²) < 4.78 is 13.3. The minimum atomic E-state index is -0.649. The lowest BCUT2D eigenvalue weighted by atomic mass is 10.1. The molecule has 70 valence electrons. The lowest BCUT2D eigenvalue weighted by Crippen LogP contribution is -2.05. The molecule has 1 aromatic carbocycles. The molecule has 0 saturated carbocycles. The Morgan fingerprint density at radius 1 is 1.62 bits per heavy atom. The van der Waals surface area contributed by atoms with Crippen molar-refractivity contribution in [1.82, 2.24) is 0 Å². The lowest BCUT2D eigenvalue weighted by molar-refractivity contribution is 0.101. The van der Waals surface area contributed by atoms with Gasteiger partial charge in [-0.1, -0.05) is 22.0 Å². The summed E-state index contributed by atoms with van der Waals surface area (Å²) in [7, 11) is 0. The van der Waals surface area contributed by atoms with Crippen LogP contribution in [-0.4, -0.2) is 16.2 Å². The molecule has 1 aromatic rings. The lowest BCUT2D eigenvalue weighted by Gasteiger charge is -2.04. The number of hydrogen-bond acceptors (Lipinski definition) is 2. The van der Waals surface area contributed by atoms with Crippen LogP contribution in [0, 0.1) is 12.7 Å². The second-order valence-electron chi connectivity index (χ2n) is 2.65. The van der Waals surface area contributed by atoms with E-state index in [0.717, 1.165) is 0 Å². The Kier molecular flexibility index (Phi) is 3.03. The van der Waals surface area contributed by atoms with Crippen molar-refractivity contribution >= 4 is 21.7 Å². The highest BCUT2D eigenvalue weighted by Crippen LogP contribution is 2.23. The molecule has 0 aliphatic rings. The molecule has 13 heavy (non-hydrogen) atoms. The Bertz CT molecular complexity index is 350. The van der Waals surface area contributed by atoms with E-state index in [2.05, 4.69) is 15.9 Å². The van der Waals surface area contributed by atoms with Crippen LogP contribution in [0.15, 0.2) is 12.1 Å². The number of rotatable bonds is 2. The van der Waals surface area contributed by atoms with E-state index in [-0.39, 0.29) is 16.6 Å². The summed E-state index contributed by atoms with van der Waals surface area (Å²) in [5.41, 5.74) is 0.110. The minimum absolute atomic E-state index is 0.000926. The van der Waals surface area contributed by atoms with Crippen LogP contribution in [0.3, 0.4) is 0 Å². The molecule has 2 nitrogen and oxygen atoms in total. The zero-order valence-corrected chi connectivity index (χ0v) is 8.56. The Hall–Kier alpha value is -0.900. The second-order valence-corrected chi connectivity index (χ2v) is 3.21. The number of phenolic OH excluding ortho intramolecular Hbond substituents is 1. The summed E-state index contributed by atoms with van der Waals surface area (Å²) in [6.45, 7) is 1.54. The fourth-order valence-corrected chi connectivity index (χ4v) is 1.28. The van der Waals surface area contributed by atoms with Gasteiger partial charge in [-0.25, -0.2) is 4.39 Å². The molecule has 0 aromatic heterocycles. The highest BCUT2D eigenvalue weighted by Gasteiger charge is 2.16. The third-order valence-electron chi connectivity index (χ3n) is 1.71. The van der Waals surface area contributed by atoms with E-state index in [1.54, 1.807) is 6.92 Å². The number of carbonyl (C=O) groups excluding carboxylic acids is 1.